The Balaban J connectivity index is 2.11. The number of carbonyl (C=O) groups is 2. The summed E-state index contributed by atoms with van der Waals surface area (Å²) < 4.78 is 15.2. The van der Waals surface area contributed by atoms with Gasteiger partial charge in [-0.2, -0.15) is 0 Å². The molecule has 0 aliphatic carbocycles. The van der Waals surface area contributed by atoms with Crippen molar-refractivity contribution in [3.8, 4) is 0 Å². The molecule has 1 aromatic heterocycles. The van der Waals surface area contributed by atoms with E-state index < -0.39 is 5.97 Å². The van der Waals surface area contributed by atoms with Gasteiger partial charge in [0.25, 0.3) is 5.91 Å². The smallest absolute Gasteiger partial charge is 0.360 e. The van der Waals surface area contributed by atoms with Gasteiger partial charge in [-0.05, 0) is 37.6 Å². The summed E-state index contributed by atoms with van der Waals surface area (Å²) in [5, 5.41) is 0.555. The Morgan fingerprint density at radius 2 is 2.00 bits per heavy atom. The SMILES string of the molecule is CCOCCCN(Cc1nc(C(=O)OC)co1)C(=O)c1ccc(Cl)cc1. The molecule has 26 heavy (non-hydrogen) atoms. The first-order valence-corrected chi connectivity index (χ1v) is 8.58. The zero-order valence-corrected chi connectivity index (χ0v) is 15.5. The highest BCUT2D eigenvalue weighted by atomic mass is 35.5. The number of esters is 1. The zero-order valence-electron chi connectivity index (χ0n) is 14.7. The number of aromatic nitrogens is 1. The molecule has 0 saturated heterocycles. The summed E-state index contributed by atoms with van der Waals surface area (Å²) in [6.45, 7) is 3.66. The first kappa shape index (κ1) is 19.9. The van der Waals surface area contributed by atoms with Crippen molar-refractivity contribution in [3.63, 3.8) is 0 Å². The fraction of sp³-hybridized carbons (Fsp3) is 0.389. The number of rotatable bonds is 9. The van der Waals surface area contributed by atoms with Crippen LogP contribution in [0.15, 0.2) is 34.9 Å². The highest BCUT2D eigenvalue weighted by molar-refractivity contribution is 6.30. The predicted octanol–water partition coefficient (Wildman–Crippen LogP) is 3.18. The maximum absolute atomic E-state index is 12.8. The molecule has 1 heterocycles. The molecule has 140 valence electrons. The van der Waals surface area contributed by atoms with E-state index in [1.165, 1.54) is 13.4 Å². The molecular weight excluding hydrogens is 360 g/mol. The van der Waals surface area contributed by atoms with Crippen LogP contribution in [0.25, 0.3) is 0 Å². The lowest BCUT2D eigenvalue weighted by atomic mass is 10.2. The highest BCUT2D eigenvalue weighted by Crippen LogP contribution is 2.14. The average Bonchev–Trinajstić information content (AvgIpc) is 3.12. The zero-order chi connectivity index (χ0) is 18.9. The Kier molecular flexibility index (Phi) is 7.62. The molecule has 0 fully saturated rings. The van der Waals surface area contributed by atoms with Gasteiger partial charge in [0, 0.05) is 30.3 Å². The van der Waals surface area contributed by atoms with E-state index >= 15 is 0 Å². The summed E-state index contributed by atoms with van der Waals surface area (Å²) in [5.74, 6) is -0.521. The maximum atomic E-state index is 12.8. The maximum Gasteiger partial charge on any atom is 0.360 e. The number of carbonyl (C=O) groups excluding carboxylic acids is 2. The lowest BCUT2D eigenvalue weighted by Gasteiger charge is -2.21. The predicted molar refractivity (Wildman–Crippen MR) is 95.1 cm³/mol. The number of hydrogen-bond acceptors (Lipinski definition) is 6. The molecule has 0 bridgehead atoms. The minimum absolute atomic E-state index is 0.0655. The van der Waals surface area contributed by atoms with Crippen molar-refractivity contribution in [1.82, 2.24) is 9.88 Å². The molecule has 8 heteroatoms. The summed E-state index contributed by atoms with van der Waals surface area (Å²) in [5.41, 5.74) is 0.571. The molecular formula is C18H21ClN2O5. The topological polar surface area (TPSA) is 81.9 Å². The summed E-state index contributed by atoms with van der Waals surface area (Å²) >= 11 is 5.88. The lowest BCUT2D eigenvalue weighted by Crippen LogP contribution is -2.32. The van der Waals surface area contributed by atoms with Crippen LogP contribution in [0, 0.1) is 0 Å². The van der Waals surface area contributed by atoms with E-state index in [1.807, 2.05) is 6.92 Å². The van der Waals surface area contributed by atoms with Crippen LogP contribution in [-0.2, 0) is 16.0 Å². The van der Waals surface area contributed by atoms with Crippen molar-refractivity contribution in [1.29, 1.82) is 0 Å². The Morgan fingerprint density at radius 3 is 2.65 bits per heavy atom. The van der Waals surface area contributed by atoms with Crippen LogP contribution in [-0.4, -0.2) is 48.6 Å². The van der Waals surface area contributed by atoms with Gasteiger partial charge < -0.3 is 18.8 Å². The second-order valence-corrected chi connectivity index (χ2v) is 5.84. The quantitative estimate of drug-likeness (QED) is 0.491. The van der Waals surface area contributed by atoms with Crippen LogP contribution in [0.5, 0.6) is 0 Å². The van der Waals surface area contributed by atoms with Crippen LogP contribution in [0.4, 0.5) is 0 Å². The van der Waals surface area contributed by atoms with E-state index in [9.17, 15) is 9.59 Å². The summed E-state index contributed by atoms with van der Waals surface area (Å²) in [7, 11) is 1.26. The van der Waals surface area contributed by atoms with Crippen molar-refractivity contribution in [2.75, 3.05) is 26.9 Å². The van der Waals surface area contributed by atoms with E-state index in [0.29, 0.717) is 36.8 Å². The highest BCUT2D eigenvalue weighted by Gasteiger charge is 2.20. The number of halogens is 1. The summed E-state index contributed by atoms with van der Waals surface area (Å²) in [4.78, 5) is 30.0. The molecule has 0 radical (unpaired) electrons. The van der Waals surface area contributed by atoms with Gasteiger partial charge >= 0.3 is 5.97 Å². The van der Waals surface area contributed by atoms with Gasteiger partial charge in [0.15, 0.2) is 5.69 Å². The third-order valence-corrected chi connectivity index (χ3v) is 3.82. The third kappa shape index (κ3) is 5.57. The minimum Gasteiger partial charge on any atom is -0.464 e. The van der Waals surface area contributed by atoms with E-state index in [0.717, 1.165) is 0 Å². The first-order valence-electron chi connectivity index (χ1n) is 8.20. The largest absolute Gasteiger partial charge is 0.464 e. The van der Waals surface area contributed by atoms with Crippen LogP contribution in [0.1, 0.15) is 40.1 Å². The Labute approximate surface area is 156 Å². The first-order chi connectivity index (χ1) is 12.5. The molecule has 7 nitrogen and oxygen atoms in total. The van der Waals surface area contributed by atoms with Crippen molar-refractivity contribution >= 4 is 23.5 Å². The number of benzene rings is 1. The molecule has 0 spiro atoms. The average molecular weight is 381 g/mol. The van der Waals surface area contributed by atoms with Crippen LogP contribution >= 0.6 is 11.6 Å². The van der Waals surface area contributed by atoms with Gasteiger partial charge in [0.2, 0.25) is 5.89 Å². The molecule has 0 unspecified atom stereocenters. The third-order valence-electron chi connectivity index (χ3n) is 3.57. The van der Waals surface area contributed by atoms with Crippen molar-refractivity contribution in [2.45, 2.75) is 19.9 Å². The number of ether oxygens (including phenoxy) is 2. The normalized spacial score (nSPS) is 10.6. The Morgan fingerprint density at radius 1 is 1.27 bits per heavy atom. The minimum atomic E-state index is -0.591. The number of nitrogens with zero attached hydrogens (tertiary/aromatic N) is 2. The van der Waals surface area contributed by atoms with E-state index in [4.69, 9.17) is 20.8 Å². The summed E-state index contributed by atoms with van der Waals surface area (Å²) in [6, 6.07) is 6.65. The fourth-order valence-corrected chi connectivity index (χ4v) is 2.40. The van der Waals surface area contributed by atoms with Gasteiger partial charge in [-0.3, -0.25) is 4.79 Å². The Hall–Kier alpha value is -2.38. The van der Waals surface area contributed by atoms with Crippen LogP contribution < -0.4 is 0 Å². The van der Waals surface area contributed by atoms with Gasteiger partial charge in [0.1, 0.15) is 6.26 Å². The van der Waals surface area contributed by atoms with Gasteiger partial charge in [-0.1, -0.05) is 11.6 Å². The second kappa shape index (κ2) is 9.94. The fourth-order valence-electron chi connectivity index (χ4n) is 2.27. The standard InChI is InChI=1S/C18H21ClN2O5/c1-3-25-10-4-9-21(17(22)13-5-7-14(19)8-6-13)11-16-20-15(12-26-16)18(23)24-2/h5-8,12H,3-4,9-11H2,1-2H3. The molecule has 1 aromatic carbocycles. The molecule has 0 aliphatic heterocycles. The van der Waals surface area contributed by atoms with E-state index in [-0.39, 0.29) is 24.0 Å². The Bertz CT molecular complexity index is 729. The van der Waals surface area contributed by atoms with Crippen molar-refractivity contribution in [3.05, 3.63) is 52.7 Å². The molecule has 0 atom stereocenters. The van der Waals surface area contributed by atoms with Gasteiger partial charge in [-0.15, -0.1) is 0 Å². The molecule has 0 saturated carbocycles. The number of oxazole rings is 1. The van der Waals surface area contributed by atoms with Gasteiger partial charge in [-0.25, -0.2) is 9.78 Å². The molecule has 1 amide bonds. The monoisotopic (exact) mass is 380 g/mol. The van der Waals surface area contributed by atoms with Crippen LogP contribution in [0.2, 0.25) is 5.02 Å². The van der Waals surface area contributed by atoms with Crippen LogP contribution in [0.3, 0.4) is 0 Å². The van der Waals surface area contributed by atoms with Crippen molar-refractivity contribution < 1.29 is 23.5 Å². The number of amides is 1. The number of methoxy groups -OCH3 is 1. The van der Waals surface area contributed by atoms with Crippen molar-refractivity contribution in [2.24, 2.45) is 0 Å². The molecule has 0 aliphatic rings. The van der Waals surface area contributed by atoms with E-state index in [2.05, 4.69) is 9.72 Å². The summed E-state index contributed by atoms with van der Waals surface area (Å²) in [6.07, 6.45) is 1.88. The molecule has 0 N–H and O–H groups in total. The van der Waals surface area contributed by atoms with Gasteiger partial charge in [0.05, 0.1) is 13.7 Å². The molecule has 2 rings (SSSR count). The lowest BCUT2D eigenvalue weighted by molar-refractivity contribution is 0.0593. The number of hydrogen-bond donors (Lipinski definition) is 0. The van der Waals surface area contributed by atoms with E-state index in [1.54, 1.807) is 29.2 Å². The molecule has 2 aromatic rings. The second-order valence-electron chi connectivity index (χ2n) is 5.40.